The van der Waals surface area contributed by atoms with Crippen molar-refractivity contribution < 1.29 is 9.59 Å². The van der Waals surface area contributed by atoms with Crippen LogP contribution in [0.5, 0.6) is 0 Å². The quantitative estimate of drug-likeness (QED) is 0.375. The van der Waals surface area contributed by atoms with Crippen LogP contribution in [0.2, 0.25) is 0 Å². The van der Waals surface area contributed by atoms with Crippen LogP contribution in [-0.4, -0.2) is 39.6 Å². The fourth-order valence-electron chi connectivity index (χ4n) is 3.97. The van der Waals surface area contributed by atoms with Gasteiger partial charge in [-0.2, -0.15) is 5.10 Å². The summed E-state index contributed by atoms with van der Waals surface area (Å²) in [5, 5.41) is 7.82. The molecule has 198 valence electrons. The van der Waals surface area contributed by atoms with Gasteiger partial charge in [-0.15, -0.1) is 0 Å². The van der Waals surface area contributed by atoms with E-state index in [4.69, 9.17) is 5.10 Å². The number of nitrogens with one attached hydrogen (secondary N) is 1. The van der Waals surface area contributed by atoms with Crippen LogP contribution in [0.3, 0.4) is 0 Å². The van der Waals surface area contributed by atoms with Gasteiger partial charge in [0.2, 0.25) is 5.91 Å². The number of aryl methyl sites for hydroxylation is 1. The fraction of sp³-hybridized carbons (Fsp3) is 0.452. The van der Waals surface area contributed by atoms with E-state index in [1.54, 1.807) is 9.58 Å². The molecule has 3 rings (SSSR count). The van der Waals surface area contributed by atoms with Gasteiger partial charge in [0.25, 0.3) is 5.91 Å². The summed E-state index contributed by atoms with van der Waals surface area (Å²) in [5.41, 5.74) is 4.49. The van der Waals surface area contributed by atoms with E-state index in [0.717, 1.165) is 29.8 Å². The number of hydrogen-bond acceptors (Lipinski definition) is 3. The standard InChI is InChI=1S/C31H42N4O2/c1-9-10-19-34(29(37)23-13-15-24(16-14-23)30(3,4)5)21-28(36)32-27-20-26(31(6,7)8)33-35(27)25-17-11-22(2)12-18-25/h11-18,20H,9-10,19,21H2,1-8H3,(H,32,36). The lowest BCUT2D eigenvalue weighted by Gasteiger charge is -2.23. The van der Waals surface area contributed by atoms with Crippen LogP contribution in [0.15, 0.2) is 54.6 Å². The number of anilines is 1. The number of aromatic nitrogens is 2. The number of carbonyl (C=O) groups excluding carboxylic acids is 2. The third-order valence-electron chi connectivity index (χ3n) is 6.42. The van der Waals surface area contributed by atoms with Gasteiger partial charge < -0.3 is 10.2 Å². The first-order chi connectivity index (χ1) is 17.3. The van der Waals surface area contributed by atoms with Gasteiger partial charge in [0, 0.05) is 23.6 Å². The van der Waals surface area contributed by atoms with Gasteiger partial charge in [-0.05, 0) is 48.6 Å². The molecule has 2 aromatic carbocycles. The first kappa shape index (κ1) is 28.2. The minimum absolute atomic E-state index is 0.00959. The second kappa shape index (κ2) is 11.3. The van der Waals surface area contributed by atoms with Crippen molar-refractivity contribution >= 4 is 17.6 Å². The van der Waals surface area contributed by atoms with Crippen molar-refractivity contribution in [2.24, 2.45) is 0 Å². The highest BCUT2D eigenvalue weighted by atomic mass is 16.2. The molecule has 1 heterocycles. The number of rotatable bonds is 8. The third kappa shape index (κ3) is 7.31. The summed E-state index contributed by atoms with van der Waals surface area (Å²) in [5.74, 6) is 0.215. The van der Waals surface area contributed by atoms with E-state index in [9.17, 15) is 9.59 Å². The van der Waals surface area contributed by atoms with E-state index < -0.39 is 0 Å². The molecule has 0 aliphatic rings. The Morgan fingerprint density at radius 2 is 1.54 bits per heavy atom. The number of benzene rings is 2. The molecule has 0 spiro atoms. The van der Waals surface area contributed by atoms with Crippen molar-refractivity contribution in [1.82, 2.24) is 14.7 Å². The van der Waals surface area contributed by atoms with E-state index in [1.165, 1.54) is 5.56 Å². The Kier molecular flexibility index (Phi) is 8.62. The monoisotopic (exact) mass is 502 g/mol. The fourth-order valence-corrected chi connectivity index (χ4v) is 3.97. The van der Waals surface area contributed by atoms with Crippen LogP contribution in [-0.2, 0) is 15.6 Å². The van der Waals surface area contributed by atoms with Crippen LogP contribution in [0.4, 0.5) is 5.82 Å². The highest BCUT2D eigenvalue weighted by molar-refractivity contribution is 5.99. The Labute approximate surface area is 222 Å². The molecule has 0 fully saturated rings. The second-order valence-corrected chi connectivity index (χ2v) is 11.9. The molecule has 2 amide bonds. The van der Waals surface area contributed by atoms with E-state index in [2.05, 4.69) is 53.8 Å². The van der Waals surface area contributed by atoms with E-state index >= 15 is 0 Å². The number of nitrogens with zero attached hydrogens (tertiary/aromatic N) is 3. The highest BCUT2D eigenvalue weighted by Gasteiger charge is 2.24. The van der Waals surface area contributed by atoms with Crippen molar-refractivity contribution in [2.45, 2.75) is 79.1 Å². The van der Waals surface area contributed by atoms with Crippen molar-refractivity contribution in [3.05, 3.63) is 77.0 Å². The van der Waals surface area contributed by atoms with Gasteiger partial charge in [-0.1, -0.05) is 84.7 Å². The average Bonchev–Trinajstić information content (AvgIpc) is 3.25. The summed E-state index contributed by atoms with van der Waals surface area (Å²) in [7, 11) is 0. The van der Waals surface area contributed by atoms with Crippen LogP contribution >= 0.6 is 0 Å². The van der Waals surface area contributed by atoms with Crippen molar-refractivity contribution in [3.8, 4) is 5.69 Å². The van der Waals surface area contributed by atoms with Crippen LogP contribution in [0.1, 0.15) is 88.5 Å². The summed E-state index contributed by atoms with van der Waals surface area (Å²) in [6.07, 6.45) is 1.76. The molecule has 0 saturated carbocycles. The van der Waals surface area contributed by atoms with E-state index in [0.29, 0.717) is 17.9 Å². The summed E-state index contributed by atoms with van der Waals surface area (Å²) >= 11 is 0. The van der Waals surface area contributed by atoms with Gasteiger partial charge in [-0.3, -0.25) is 9.59 Å². The number of hydrogen-bond donors (Lipinski definition) is 1. The SMILES string of the molecule is CCCCN(CC(=O)Nc1cc(C(C)(C)C)nn1-c1ccc(C)cc1)C(=O)c1ccc(C(C)(C)C)cc1. The molecule has 1 aromatic heterocycles. The van der Waals surface area contributed by atoms with Crippen LogP contribution < -0.4 is 5.32 Å². The van der Waals surface area contributed by atoms with Crippen LogP contribution in [0.25, 0.3) is 5.69 Å². The summed E-state index contributed by atoms with van der Waals surface area (Å²) in [4.78, 5) is 28.3. The molecule has 6 heteroatoms. The lowest BCUT2D eigenvalue weighted by molar-refractivity contribution is -0.117. The Balaban J connectivity index is 1.84. The molecule has 0 bridgehead atoms. The predicted octanol–water partition coefficient (Wildman–Crippen LogP) is 6.66. The highest BCUT2D eigenvalue weighted by Crippen LogP contribution is 2.27. The van der Waals surface area contributed by atoms with Gasteiger partial charge in [0.05, 0.1) is 11.4 Å². The smallest absolute Gasteiger partial charge is 0.254 e. The lowest BCUT2D eigenvalue weighted by atomic mass is 9.86. The molecule has 0 radical (unpaired) electrons. The van der Waals surface area contributed by atoms with Crippen molar-refractivity contribution in [2.75, 3.05) is 18.4 Å². The first-order valence-electron chi connectivity index (χ1n) is 13.2. The third-order valence-corrected chi connectivity index (χ3v) is 6.42. The number of amides is 2. The Bertz CT molecular complexity index is 1210. The minimum atomic E-state index is -0.246. The number of unbranched alkanes of at least 4 members (excludes halogenated alkanes) is 1. The van der Waals surface area contributed by atoms with E-state index in [-0.39, 0.29) is 29.2 Å². The zero-order chi connectivity index (χ0) is 27.4. The summed E-state index contributed by atoms with van der Waals surface area (Å²) in [6, 6.07) is 17.7. The molecule has 3 aromatic rings. The molecular weight excluding hydrogens is 460 g/mol. The Morgan fingerprint density at radius 1 is 0.919 bits per heavy atom. The maximum absolute atomic E-state index is 13.4. The Morgan fingerprint density at radius 3 is 2.08 bits per heavy atom. The van der Waals surface area contributed by atoms with Gasteiger partial charge >= 0.3 is 0 Å². The topological polar surface area (TPSA) is 67.2 Å². The predicted molar refractivity (Wildman–Crippen MR) is 152 cm³/mol. The zero-order valence-electron chi connectivity index (χ0n) is 23.7. The molecular formula is C31H42N4O2. The lowest BCUT2D eigenvalue weighted by Crippen LogP contribution is -2.39. The maximum Gasteiger partial charge on any atom is 0.254 e. The van der Waals surface area contributed by atoms with E-state index in [1.807, 2.05) is 61.5 Å². The molecule has 0 aliphatic heterocycles. The summed E-state index contributed by atoms with van der Waals surface area (Å²) in [6.45, 7) is 17.3. The van der Waals surface area contributed by atoms with Gasteiger partial charge in [0.15, 0.2) is 0 Å². The molecule has 37 heavy (non-hydrogen) atoms. The first-order valence-corrected chi connectivity index (χ1v) is 13.2. The number of carbonyl (C=O) groups is 2. The maximum atomic E-state index is 13.4. The largest absolute Gasteiger partial charge is 0.329 e. The molecule has 0 saturated heterocycles. The minimum Gasteiger partial charge on any atom is -0.329 e. The van der Waals surface area contributed by atoms with Crippen molar-refractivity contribution in [1.29, 1.82) is 0 Å². The summed E-state index contributed by atoms with van der Waals surface area (Å²) < 4.78 is 1.77. The average molecular weight is 503 g/mol. The zero-order valence-corrected chi connectivity index (χ0v) is 23.7. The molecule has 6 nitrogen and oxygen atoms in total. The molecule has 0 unspecified atom stereocenters. The molecule has 1 N–H and O–H groups in total. The normalized spacial score (nSPS) is 11.9. The molecule has 0 aliphatic carbocycles. The van der Waals surface area contributed by atoms with Crippen molar-refractivity contribution in [3.63, 3.8) is 0 Å². The molecule has 0 atom stereocenters. The second-order valence-electron chi connectivity index (χ2n) is 11.9. The van der Waals surface area contributed by atoms with Gasteiger partial charge in [0.1, 0.15) is 12.4 Å². The Hall–Kier alpha value is -3.41. The van der Waals surface area contributed by atoms with Crippen LogP contribution in [0, 0.1) is 6.92 Å². The van der Waals surface area contributed by atoms with Gasteiger partial charge in [-0.25, -0.2) is 4.68 Å².